The highest BCUT2D eigenvalue weighted by Gasteiger charge is 2.24. The molecule has 4 rings (SSSR count). The summed E-state index contributed by atoms with van der Waals surface area (Å²) in [5, 5.41) is 10.7. The lowest BCUT2D eigenvalue weighted by molar-refractivity contribution is -0.119. The van der Waals surface area contributed by atoms with Crippen LogP contribution in [0.2, 0.25) is 0 Å². The number of amides is 1. The monoisotopic (exact) mass is 485 g/mol. The lowest BCUT2D eigenvalue weighted by Crippen LogP contribution is -2.23. The number of ether oxygens (including phenoxy) is 2. The number of nitrogens with zero attached hydrogens (tertiary/aromatic N) is 4. The lowest BCUT2D eigenvalue weighted by Gasteiger charge is -2.10. The van der Waals surface area contributed by atoms with Gasteiger partial charge in [-0.15, -0.1) is 22.7 Å². The Labute approximate surface area is 196 Å². The van der Waals surface area contributed by atoms with Crippen LogP contribution in [0.3, 0.4) is 0 Å². The number of aryl methyl sites for hydroxylation is 1. The minimum absolute atomic E-state index is 0.201. The molecule has 0 radical (unpaired) electrons. The molecule has 0 saturated carbocycles. The molecule has 0 bridgehead atoms. The Bertz CT molecular complexity index is 1310. The number of hydrogen-bond donors (Lipinski definition) is 1. The van der Waals surface area contributed by atoms with Crippen molar-refractivity contribution in [1.82, 2.24) is 19.6 Å². The molecule has 4 heterocycles. The van der Waals surface area contributed by atoms with Crippen LogP contribution in [-0.2, 0) is 20.7 Å². The quantitative estimate of drug-likeness (QED) is 0.376. The largest absolute Gasteiger partial charge is 0.462 e. The Balaban J connectivity index is 1.48. The van der Waals surface area contributed by atoms with Gasteiger partial charge in [0.1, 0.15) is 16.9 Å². The first kappa shape index (κ1) is 22.6. The molecule has 0 aliphatic heterocycles. The van der Waals surface area contributed by atoms with Gasteiger partial charge in [0.05, 0.1) is 17.9 Å². The Morgan fingerprint density at radius 1 is 1.12 bits per heavy atom. The first-order chi connectivity index (χ1) is 16.0. The topological polar surface area (TPSA) is 125 Å². The number of carbonyl (C=O) groups excluding carboxylic acids is 3. The number of rotatable bonds is 8. The van der Waals surface area contributed by atoms with Gasteiger partial charge in [-0.3, -0.25) is 4.79 Å². The second-order valence-electron chi connectivity index (χ2n) is 6.62. The van der Waals surface area contributed by atoms with E-state index in [1.54, 1.807) is 12.3 Å². The van der Waals surface area contributed by atoms with Crippen LogP contribution in [0.1, 0.15) is 40.3 Å². The summed E-state index contributed by atoms with van der Waals surface area (Å²) >= 11 is 2.67. The van der Waals surface area contributed by atoms with E-state index in [-0.39, 0.29) is 17.7 Å². The van der Waals surface area contributed by atoms with Crippen molar-refractivity contribution in [2.24, 2.45) is 0 Å². The first-order valence-electron chi connectivity index (χ1n) is 10.0. The van der Waals surface area contributed by atoms with E-state index >= 15 is 0 Å². The van der Waals surface area contributed by atoms with Gasteiger partial charge in [0, 0.05) is 22.0 Å². The van der Waals surface area contributed by atoms with Crippen LogP contribution in [0.4, 0.5) is 5.00 Å². The van der Waals surface area contributed by atoms with Crippen molar-refractivity contribution in [3.05, 3.63) is 52.2 Å². The van der Waals surface area contributed by atoms with Crippen LogP contribution in [0, 0.1) is 0 Å². The second-order valence-corrected chi connectivity index (χ2v) is 8.45. The highest BCUT2D eigenvalue weighted by molar-refractivity contribution is 7.17. The highest BCUT2D eigenvalue weighted by atomic mass is 32.1. The molecule has 0 unspecified atom stereocenters. The van der Waals surface area contributed by atoms with Crippen molar-refractivity contribution in [2.45, 2.75) is 20.3 Å². The van der Waals surface area contributed by atoms with Gasteiger partial charge < -0.3 is 14.8 Å². The highest BCUT2D eigenvalue weighted by Crippen LogP contribution is 2.38. The van der Waals surface area contributed by atoms with E-state index < -0.39 is 24.5 Å². The van der Waals surface area contributed by atoms with Crippen LogP contribution < -0.4 is 5.32 Å². The van der Waals surface area contributed by atoms with Crippen molar-refractivity contribution in [1.29, 1.82) is 0 Å². The minimum atomic E-state index is -0.706. The summed E-state index contributed by atoms with van der Waals surface area (Å²) in [4.78, 5) is 46.6. The predicted molar refractivity (Wildman–Crippen MR) is 123 cm³/mol. The third-order valence-corrected chi connectivity index (χ3v) is 6.40. The standard InChI is InChI=1S/C21H19N5O5S2/c1-3-14-12(8-22-21-23-11-24-26(14)21)19(28)31-9-16(27)25-18-17(20(29)30-4-2)13(10-33-18)15-6-5-7-32-15/h5-8,10-11H,3-4,9H2,1-2H3,(H,25,27). The molecule has 0 aliphatic rings. The van der Waals surface area contributed by atoms with Gasteiger partial charge in [0.2, 0.25) is 0 Å². The average Bonchev–Trinajstić information content (AvgIpc) is 3.57. The van der Waals surface area contributed by atoms with Crippen molar-refractivity contribution >= 4 is 51.3 Å². The summed E-state index contributed by atoms with van der Waals surface area (Å²) in [6.07, 6.45) is 3.19. The van der Waals surface area contributed by atoms with Gasteiger partial charge >= 0.3 is 11.9 Å². The summed E-state index contributed by atoms with van der Waals surface area (Å²) in [7, 11) is 0. The molecule has 0 fully saturated rings. The fraction of sp³-hybridized carbons (Fsp3) is 0.238. The molecular weight excluding hydrogens is 466 g/mol. The van der Waals surface area contributed by atoms with Crippen molar-refractivity contribution in [3.63, 3.8) is 0 Å². The number of esters is 2. The van der Waals surface area contributed by atoms with Crippen LogP contribution in [0.15, 0.2) is 35.4 Å². The Kier molecular flexibility index (Phi) is 6.75. The van der Waals surface area contributed by atoms with E-state index in [1.165, 1.54) is 39.7 Å². The molecule has 1 N–H and O–H groups in total. The molecule has 0 aliphatic carbocycles. The van der Waals surface area contributed by atoms with Crippen molar-refractivity contribution in [2.75, 3.05) is 18.5 Å². The normalized spacial score (nSPS) is 10.8. The molecule has 0 saturated heterocycles. The number of nitrogens with one attached hydrogen (secondary N) is 1. The second kappa shape index (κ2) is 9.88. The molecule has 4 aromatic heterocycles. The number of carbonyl (C=O) groups is 3. The van der Waals surface area contributed by atoms with Crippen molar-refractivity contribution < 1.29 is 23.9 Å². The van der Waals surface area contributed by atoms with Crippen molar-refractivity contribution in [3.8, 4) is 10.4 Å². The fourth-order valence-corrected chi connectivity index (χ4v) is 4.96. The van der Waals surface area contributed by atoms with Gasteiger partial charge in [0.15, 0.2) is 6.61 Å². The summed E-state index contributed by atoms with van der Waals surface area (Å²) in [5.74, 6) is -1.45. The zero-order valence-electron chi connectivity index (χ0n) is 17.7. The molecular formula is C21H19N5O5S2. The number of fused-ring (bicyclic) bond motifs is 1. The number of anilines is 1. The first-order valence-corrected chi connectivity index (χ1v) is 11.8. The fourth-order valence-electron chi connectivity index (χ4n) is 3.18. The molecule has 10 nitrogen and oxygen atoms in total. The van der Waals surface area contributed by atoms with E-state index in [1.807, 2.05) is 24.4 Å². The maximum Gasteiger partial charge on any atom is 0.342 e. The van der Waals surface area contributed by atoms with E-state index in [0.717, 1.165) is 4.88 Å². The molecule has 33 heavy (non-hydrogen) atoms. The van der Waals surface area contributed by atoms with Gasteiger partial charge in [-0.05, 0) is 24.8 Å². The predicted octanol–water partition coefficient (Wildman–Crippen LogP) is 3.45. The average molecular weight is 486 g/mol. The van der Waals surface area contributed by atoms with Gasteiger partial charge in [-0.1, -0.05) is 13.0 Å². The van der Waals surface area contributed by atoms with Crippen LogP contribution in [0.5, 0.6) is 0 Å². The Morgan fingerprint density at radius 2 is 1.97 bits per heavy atom. The zero-order chi connectivity index (χ0) is 23.4. The molecule has 4 aromatic rings. The number of thiophene rings is 2. The molecule has 170 valence electrons. The summed E-state index contributed by atoms with van der Waals surface area (Å²) in [6, 6.07) is 3.76. The third-order valence-electron chi connectivity index (χ3n) is 4.60. The Hall–Kier alpha value is -3.64. The number of aromatic nitrogens is 4. The van der Waals surface area contributed by atoms with E-state index in [9.17, 15) is 14.4 Å². The Morgan fingerprint density at radius 3 is 2.70 bits per heavy atom. The molecule has 0 aromatic carbocycles. The summed E-state index contributed by atoms with van der Waals surface area (Å²) in [6.45, 7) is 3.24. The smallest absolute Gasteiger partial charge is 0.342 e. The maximum absolute atomic E-state index is 12.6. The third kappa shape index (κ3) is 4.61. The maximum atomic E-state index is 12.6. The van der Waals surface area contributed by atoms with Gasteiger partial charge in [-0.25, -0.2) is 19.1 Å². The summed E-state index contributed by atoms with van der Waals surface area (Å²) in [5.41, 5.74) is 1.73. The zero-order valence-corrected chi connectivity index (χ0v) is 19.4. The summed E-state index contributed by atoms with van der Waals surface area (Å²) < 4.78 is 11.8. The minimum Gasteiger partial charge on any atom is -0.462 e. The lowest BCUT2D eigenvalue weighted by atomic mass is 10.1. The van der Waals surface area contributed by atoms with Crippen LogP contribution in [-0.4, -0.2) is 50.6 Å². The van der Waals surface area contributed by atoms with Crippen LogP contribution >= 0.6 is 22.7 Å². The molecule has 0 atom stereocenters. The van der Waals surface area contributed by atoms with E-state index in [4.69, 9.17) is 9.47 Å². The molecule has 12 heteroatoms. The number of hydrogen-bond acceptors (Lipinski definition) is 10. The molecule has 1 amide bonds. The van der Waals surface area contributed by atoms with Crippen LogP contribution in [0.25, 0.3) is 16.2 Å². The molecule has 0 spiro atoms. The van der Waals surface area contributed by atoms with E-state index in [2.05, 4.69) is 20.4 Å². The van der Waals surface area contributed by atoms with E-state index in [0.29, 0.717) is 28.5 Å². The van der Waals surface area contributed by atoms with Gasteiger partial charge in [0.25, 0.3) is 11.7 Å². The van der Waals surface area contributed by atoms with Gasteiger partial charge in [-0.2, -0.15) is 10.1 Å². The SMILES string of the molecule is CCOC(=O)c1c(-c2cccs2)csc1NC(=O)COC(=O)c1cnc2ncnn2c1CC.